The van der Waals surface area contributed by atoms with E-state index in [2.05, 4.69) is 169 Å². The van der Waals surface area contributed by atoms with Crippen LogP contribution in [0.15, 0.2) is 164 Å². The number of anilines is 3. The van der Waals surface area contributed by atoms with Crippen molar-refractivity contribution in [2.45, 2.75) is 0 Å². The third-order valence-corrected chi connectivity index (χ3v) is 6.69. The van der Waals surface area contributed by atoms with E-state index in [0.717, 1.165) is 17.1 Å². The van der Waals surface area contributed by atoms with Gasteiger partial charge in [0, 0.05) is 16.9 Å². The molecular weight excluding hydrogens is 446 g/mol. The fraction of sp³-hybridized carbons (Fsp3) is 0. The van der Waals surface area contributed by atoms with Crippen LogP contribution in [0.4, 0.5) is 17.1 Å². The summed E-state index contributed by atoms with van der Waals surface area (Å²) in [6, 6.07) is 58.0. The minimum Gasteiger partial charge on any atom is -0.310 e. The Morgan fingerprint density at radius 2 is 0.622 bits per heavy atom. The molecule has 6 aromatic rings. The maximum Gasteiger partial charge on any atom is 0.0540 e. The largest absolute Gasteiger partial charge is 0.310 e. The number of para-hydroxylation sites is 3. The number of hydrogen-bond acceptors (Lipinski definition) is 1. The Morgan fingerprint density at radius 1 is 0.270 bits per heavy atom. The molecule has 0 N–H and O–H groups in total. The zero-order chi connectivity index (χ0) is 24.9. The van der Waals surface area contributed by atoms with E-state index in [1.165, 1.54) is 33.4 Å². The molecule has 0 atom stereocenters. The first kappa shape index (κ1) is 22.6. The molecule has 0 fully saturated rings. The van der Waals surface area contributed by atoms with Crippen molar-refractivity contribution in [1.29, 1.82) is 0 Å². The minimum absolute atomic E-state index is 1.14. The lowest BCUT2D eigenvalue weighted by atomic mass is 9.97. The van der Waals surface area contributed by atoms with E-state index in [4.69, 9.17) is 0 Å². The maximum atomic E-state index is 2.32. The van der Waals surface area contributed by atoms with Crippen molar-refractivity contribution in [1.82, 2.24) is 0 Å². The highest BCUT2D eigenvalue weighted by molar-refractivity contribution is 5.88. The van der Waals surface area contributed by atoms with Crippen molar-refractivity contribution in [3.05, 3.63) is 164 Å². The summed E-state index contributed by atoms with van der Waals surface area (Å²) in [6.45, 7) is 0. The highest BCUT2D eigenvalue weighted by atomic mass is 15.1. The molecule has 0 saturated carbocycles. The predicted molar refractivity (Wildman–Crippen MR) is 157 cm³/mol. The van der Waals surface area contributed by atoms with Gasteiger partial charge in [0.2, 0.25) is 0 Å². The van der Waals surface area contributed by atoms with E-state index < -0.39 is 0 Å². The second kappa shape index (κ2) is 10.4. The molecule has 0 aliphatic heterocycles. The fourth-order valence-electron chi connectivity index (χ4n) is 4.82. The topological polar surface area (TPSA) is 3.24 Å². The standard InChI is InChI=1S/C36H27N/c1-4-12-28(13-5-1)29-20-22-30(23-21-29)31-24-26-32(27-25-31)35-18-10-11-19-36(35)37(33-14-6-2-7-15-33)34-16-8-3-9-17-34/h1-27H. The molecule has 0 bridgehead atoms. The summed E-state index contributed by atoms with van der Waals surface area (Å²) < 4.78 is 0. The van der Waals surface area contributed by atoms with Crippen LogP contribution in [0.25, 0.3) is 33.4 Å². The summed E-state index contributed by atoms with van der Waals surface area (Å²) in [5.41, 5.74) is 10.7. The van der Waals surface area contributed by atoms with Crippen LogP contribution in [-0.2, 0) is 0 Å². The third kappa shape index (κ3) is 4.80. The number of rotatable bonds is 6. The van der Waals surface area contributed by atoms with Crippen LogP contribution in [0.3, 0.4) is 0 Å². The van der Waals surface area contributed by atoms with Gasteiger partial charge in [-0.2, -0.15) is 0 Å². The summed E-state index contributed by atoms with van der Waals surface area (Å²) in [7, 11) is 0. The molecule has 0 spiro atoms. The average Bonchev–Trinajstić information content (AvgIpc) is 2.99. The third-order valence-electron chi connectivity index (χ3n) is 6.69. The minimum atomic E-state index is 1.14. The summed E-state index contributed by atoms with van der Waals surface area (Å²) in [5.74, 6) is 0. The van der Waals surface area contributed by atoms with Crippen molar-refractivity contribution >= 4 is 17.1 Å². The van der Waals surface area contributed by atoms with Gasteiger partial charge < -0.3 is 4.90 Å². The molecular formula is C36H27N. The summed E-state index contributed by atoms with van der Waals surface area (Å²) in [4.78, 5) is 2.32. The van der Waals surface area contributed by atoms with E-state index in [1.54, 1.807) is 0 Å². The zero-order valence-corrected chi connectivity index (χ0v) is 20.5. The van der Waals surface area contributed by atoms with Crippen LogP contribution in [0.5, 0.6) is 0 Å². The fourth-order valence-corrected chi connectivity index (χ4v) is 4.82. The summed E-state index contributed by atoms with van der Waals surface area (Å²) in [6.07, 6.45) is 0. The molecule has 0 aromatic heterocycles. The molecule has 0 heterocycles. The van der Waals surface area contributed by atoms with Crippen LogP contribution >= 0.6 is 0 Å². The highest BCUT2D eigenvalue weighted by Gasteiger charge is 2.16. The van der Waals surface area contributed by atoms with E-state index in [-0.39, 0.29) is 0 Å². The Bertz CT molecular complexity index is 1530. The number of benzene rings is 6. The molecule has 6 aromatic carbocycles. The van der Waals surface area contributed by atoms with Gasteiger partial charge >= 0.3 is 0 Å². The Labute approximate surface area is 218 Å². The van der Waals surface area contributed by atoms with Crippen LogP contribution in [0, 0.1) is 0 Å². The van der Waals surface area contributed by atoms with E-state index in [1.807, 2.05) is 0 Å². The first-order valence-electron chi connectivity index (χ1n) is 12.6. The molecule has 176 valence electrons. The van der Waals surface area contributed by atoms with Gasteiger partial charge in [-0.25, -0.2) is 0 Å². The van der Waals surface area contributed by atoms with Crippen molar-refractivity contribution in [2.24, 2.45) is 0 Å². The lowest BCUT2D eigenvalue weighted by molar-refractivity contribution is 1.28. The van der Waals surface area contributed by atoms with Gasteiger partial charge in [0.1, 0.15) is 0 Å². The van der Waals surface area contributed by atoms with Crippen LogP contribution in [0.2, 0.25) is 0 Å². The normalized spacial score (nSPS) is 10.7. The zero-order valence-electron chi connectivity index (χ0n) is 20.5. The van der Waals surface area contributed by atoms with Gasteiger partial charge in [-0.05, 0) is 58.1 Å². The summed E-state index contributed by atoms with van der Waals surface area (Å²) >= 11 is 0. The predicted octanol–water partition coefficient (Wildman–Crippen LogP) is 10.2. The molecule has 6 rings (SSSR count). The Morgan fingerprint density at radius 3 is 1.11 bits per heavy atom. The molecule has 0 aliphatic carbocycles. The van der Waals surface area contributed by atoms with Crippen molar-refractivity contribution in [2.75, 3.05) is 4.90 Å². The van der Waals surface area contributed by atoms with E-state index >= 15 is 0 Å². The second-order valence-corrected chi connectivity index (χ2v) is 9.04. The molecule has 0 saturated heterocycles. The van der Waals surface area contributed by atoms with Gasteiger partial charge in [0.25, 0.3) is 0 Å². The van der Waals surface area contributed by atoms with Gasteiger partial charge in [0.15, 0.2) is 0 Å². The van der Waals surface area contributed by atoms with Crippen LogP contribution in [0.1, 0.15) is 0 Å². The molecule has 37 heavy (non-hydrogen) atoms. The van der Waals surface area contributed by atoms with Crippen molar-refractivity contribution < 1.29 is 0 Å². The van der Waals surface area contributed by atoms with Crippen LogP contribution < -0.4 is 4.90 Å². The van der Waals surface area contributed by atoms with Crippen molar-refractivity contribution in [3.63, 3.8) is 0 Å². The number of hydrogen-bond donors (Lipinski definition) is 0. The molecule has 1 heteroatoms. The number of nitrogens with zero attached hydrogens (tertiary/aromatic N) is 1. The smallest absolute Gasteiger partial charge is 0.0540 e. The Kier molecular flexibility index (Phi) is 6.34. The summed E-state index contributed by atoms with van der Waals surface area (Å²) in [5, 5.41) is 0. The molecule has 0 amide bonds. The quantitative estimate of drug-likeness (QED) is 0.233. The molecule has 0 aliphatic rings. The van der Waals surface area contributed by atoms with Gasteiger partial charge in [-0.1, -0.05) is 133 Å². The lowest BCUT2D eigenvalue weighted by Gasteiger charge is -2.27. The first-order chi connectivity index (χ1) is 18.4. The van der Waals surface area contributed by atoms with Gasteiger partial charge in [-0.15, -0.1) is 0 Å². The SMILES string of the molecule is c1ccc(-c2ccc(-c3ccc(-c4ccccc4N(c4ccccc4)c4ccccc4)cc3)cc2)cc1. The second-order valence-electron chi connectivity index (χ2n) is 9.04. The van der Waals surface area contributed by atoms with Crippen molar-refractivity contribution in [3.8, 4) is 33.4 Å². The van der Waals surface area contributed by atoms with Gasteiger partial charge in [0.05, 0.1) is 5.69 Å². The van der Waals surface area contributed by atoms with E-state index in [0.29, 0.717) is 0 Å². The van der Waals surface area contributed by atoms with Crippen LogP contribution in [-0.4, -0.2) is 0 Å². The maximum absolute atomic E-state index is 2.32. The lowest BCUT2D eigenvalue weighted by Crippen LogP contribution is -2.10. The molecule has 1 nitrogen and oxygen atoms in total. The monoisotopic (exact) mass is 473 g/mol. The average molecular weight is 474 g/mol. The highest BCUT2D eigenvalue weighted by Crippen LogP contribution is 2.40. The molecule has 0 unspecified atom stereocenters. The van der Waals surface area contributed by atoms with E-state index in [9.17, 15) is 0 Å². The first-order valence-corrected chi connectivity index (χ1v) is 12.6. The Balaban J connectivity index is 1.35. The Hall–Kier alpha value is -4.88. The van der Waals surface area contributed by atoms with Gasteiger partial charge in [-0.3, -0.25) is 0 Å². The molecule has 0 radical (unpaired) electrons.